The van der Waals surface area contributed by atoms with E-state index in [2.05, 4.69) is 21.3 Å². The summed E-state index contributed by atoms with van der Waals surface area (Å²) in [5.74, 6) is 0.283. The highest BCUT2D eigenvalue weighted by molar-refractivity contribution is 5.56. The lowest BCUT2D eigenvalue weighted by Gasteiger charge is -2.25. The molecule has 0 bridgehead atoms. The number of nitrogens with zero attached hydrogens (tertiary/aromatic N) is 6. The van der Waals surface area contributed by atoms with E-state index in [1.807, 2.05) is 31.3 Å². The van der Waals surface area contributed by atoms with Gasteiger partial charge in [0.1, 0.15) is 30.4 Å². The highest BCUT2D eigenvalue weighted by Gasteiger charge is 2.39. The minimum Gasteiger partial charge on any atom is -0.422 e. The number of ether oxygens (including phenoxy) is 2. The fourth-order valence-electron chi connectivity index (χ4n) is 4.03. The third-order valence-electron chi connectivity index (χ3n) is 5.37. The summed E-state index contributed by atoms with van der Waals surface area (Å²) in [7, 11) is 1.81. The Kier molecular flexibility index (Phi) is 4.07. The Labute approximate surface area is 167 Å². The summed E-state index contributed by atoms with van der Waals surface area (Å²) >= 11 is 0. The zero-order chi connectivity index (χ0) is 20.0. The van der Waals surface area contributed by atoms with Crippen molar-refractivity contribution in [3.05, 3.63) is 65.2 Å². The summed E-state index contributed by atoms with van der Waals surface area (Å²) in [6.07, 6.45) is 4.89. The van der Waals surface area contributed by atoms with Crippen LogP contribution < -0.4 is 10.5 Å². The first-order chi connectivity index (χ1) is 14.2. The van der Waals surface area contributed by atoms with Gasteiger partial charge >= 0.3 is 0 Å². The van der Waals surface area contributed by atoms with Crippen molar-refractivity contribution >= 4 is 0 Å². The molecule has 0 amide bonds. The van der Waals surface area contributed by atoms with Gasteiger partial charge < -0.3 is 15.2 Å². The summed E-state index contributed by atoms with van der Waals surface area (Å²) in [6.45, 7) is 0.706. The SMILES string of the molecule is Cn1nc(C2CCCO2)c2c1OC(N)=C(C#N)C2c1ccc(-n2cncn2)cc1. The molecular weight excluding hydrogens is 370 g/mol. The molecule has 9 nitrogen and oxygen atoms in total. The highest BCUT2D eigenvalue weighted by Crippen LogP contribution is 2.47. The fourth-order valence-corrected chi connectivity index (χ4v) is 4.03. The molecule has 2 N–H and O–H groups in total. The lowest BCUT2D eigenvalue weighted by molar-refractivity contribution is 0.107. The van der Waals surface area contributed by atoms with Crippen molar-refractivity contribution < 1.29 is 9.47 Å². The fraction of sp³-hybridized carbons (Fsp3) is 0.300. The number of aryl methyl sites for hydroxylation is 1. The molecule has 1 fully saturated rings. The molecule has 0 spiro atoms. The number of aromatic nitrogens is 5. The number of benzene rings is 1. The maximum atomic E-state index is 9.84. The van der Waals surface area contributed by atoms with Gasteiger partial charge in [0.05, 0.1) is 22.9 Å². The van der Waals surface area contributed by atoms with E-state index < -0.39 is 0 Å². The predicted molar refractivity (Wildman–Crippen MR) is 102 cm³/mol. The van der Waals surface area contributed by atoms with Crippen LogP contribution in [0.5, 0.6) is 5.88 Å². The minimum absolute atomic E-state index is 0.104. The van der Waals surface area contributed by atoms with Crippen LogP contribution in [0.4, 0.5) is 0 Å². The normalized spacial score (nSPS) is 21.0. The molecule has 0 radical (unpaired) electrons. The van der Waals surface area contributed by atoms with Gasteiger partial charge in [-0.3, -0.25) is 0 Å². The van der Waals surface area contributed by atoms with E-state index in [-0.39, 0.29) is 17.9 Å². The van der Waals surface area contributed by atoms with Crippen molar-refractivity contribution in [2.24, 2.45) is 12.8 Å². The molecule has 2 unspecified atom stereocenters. The van der Waals surface area contributed by atoms with Crippen LogP contribution in [0, 0.1) is 11.3 Å². The molecule has 2 atom stereocenters. The Morgan fingerprint density at radius 1 is 1.28 bits per heavy atom. The van der Waals surface area contributed by atoms with Gasteiger partial charge in [-0.2, -0.15) is 15.5 Å². The first kappa shape index (κ1) is 17.5. The van der Waals surface area contributed by atoms with Crippen LogP contribution in [-0.2, 0) is 11.8 Å². The van der Waals surface area contributed by atoms with Crippen molar-refractivity contribution in [2.75, 3.05) is 6.61 Å². The molecule has 5 rings (SSSR count). The summed E-state index contributed by atoms with van der Waals surface area (Å²) in [5, 5.41) is 18.7. The summed E-state index contributed by atoms with van der Waals surface area (Å²) in [6, 6.07) is 10.0. The van der Waals surface area contributed by atoms with Gasteiger partial charge in [-0.1, -0.05) is 12.1 Å². The molecular formula is C20H19N7O2. The van der Waals surface area contributed by atoms with Gasteiger partial charge in [0.25, 0.3) is 0 Å². The van der Waals surface area contributed by atoms with Crippen LogP contribution in [0.1, 0.15) is 41.7 Å². The number of hydrogen-bond donors (Lipinski definition) is 1. The summed E-state index contributed by atoms with van der Waals surface area (Å²) in [4.78, 5) is 3.98. The number of hydrogen-bond acceptors (Lipinski definition) is 7. The van der Waals surface area contributed by atoms with Gasteiger partial charge in [-0.25, -0.2) is 14.3 Å². The maximum absolute atomic E-state index is 9.84. The predicted octanol–water partition coefficient (Wildman–Crippen LogP) is 2.07. The van der Waals surface area contributed by atoms with Crippen LogP contribution in [0.15, 0.2) is 48.4 Å². The Morgan fingerprint density at radius 3 is 2.76 bits per heavy atom. The third kappa shape index (κ3) is 2.77. The molecule has 2 aliphatic rings. The number of fused-ring (bicyclic) bond motifs is 1. The van der Waals surface area contributed by atoms with Gasteiger partial charge in [0.2, 0.25) is 11.8 Å². The minimum atomic E-state index is -0.374. The molecule has 0 aliphatic carbocycles. The van der Waals surface area contributed by atoms with Gasteiger partial charge in [-0.15, -0.1) is 0 Å². The molecule has 9 heteroatoms. The smallest absolute Gasteiger partial charge is 0.224 e. The molecule has 1 aromatic carbocycles. The standard InChI is InChI=1S/C20H19N7O2/c1-26-20-17(18(25-26)15-3-2-8-28-15)16(14(9-21)19(22)29-20)12-4-6-13(7-5-12)27-11-23-10-24-27/h4-7,10-11,15-16H,2-3,8,22H2,1H3. The van der Waals surface area contributed by atoms with E-state index in [9.17, 15) is 5.26 Å². The molecule has 0 saturated carbocycles. The van der Waals surface area contributed by atoms with Crippen LogP contribution in [0.2, 0.25) is 0 Å². The third-order valence-corrected chi connectivity index (χ3v) is 5.37. The first-order valence-corrected chi connectivity index (χ1v) is 9.38. The van der Waals surface area contributed by atoms with E-state index in [0.29, 0.717) is 18.1 Å². The van der Waals surface area contributed by atoms with Gasteiger partial charge in [0.15, 0.2) is 0 Å². The van der Waals surface area contributed by atoms with Crippen LogP contribution in [0.25, 0.3) is 5.69 Å². The second-order valence-corrected chi connectivity index (χ2v) is 7.09. The first-order valence-electron chi connectivity index (χ1n) is 9.38. The van der Waals surface area contributed by atoms with Crippen molar-refractivity contribution in [1.29, 1.82) is 5.26 Å². The van der Waals surface area contributed by atoms with E-state index in [0.717, 1.165) is 35.3 Å². The van der Waals surface area contributed by atoms with Crippen molar-refractivity contribution in [3.8, 4) is 17.6 Å². The molecule has 146 valence electrons. The lowest BCUT2D eigenvalue weighted by Crippen LogP contribution is -2.22. The number of rotatable bonds is 3. The highest BCUT2D eigenvalue weighted by atomic mass is 16.5. The number of nitriles is 1. The number of nitrogens with two attached hydrogens (primary N) is 1. The van der Waals surface area contributed by atoms with Crippen LogP contribution in [-0.4, -0.2) is 31.2 Å². The maximum Gasteiger partial charge on any atom is 0.224 e. The molecule has 29 heavy (non-hydrogen) atoms. The van der Waals surface area contributed by atoms with E-state index in [1.54, 1.807) is 15.7 Å². The molecule has 2 aromatic heterocycles. The zero-order valence-electron chi connectivity index (χ0n) is 15.8. The molecule has 2 aliphatic heterocycles. The monoisotopic (exact) mass is 389 g/mol. The van der Waals surface area contributed by atoms with E-state index in [1.165, 1.54) is 6.33 Å². The van der Waals surface area contributed by atoms with Gasteiger partial charge in [0, 0.05) is 13.7 Å². The molecule has 4 heterocycles. The van der Waals surface area contributed by atoms with Gasteiger partial charge in [-0.05, 0) is 30.5 Å². The van der Waals surface area contributed by atoms with Crippen molar-refractivity contribution in [1.82, 2.24) is 24.5 Å². The topological polar surface area (TPSA) is 117 Å². The van der Waals surface area contributed by atoms with Crippen LogP contribution >= 0.6 is 0 Å². The second-order valence-electron chi connectivity index (χ2n) is 7.09. The van der Waals surface area contributed by atoms with Crippen molar-refractivity contribution in [2.45, 2.75) is 24.9 Å². The second kappa shape index (κ2) is 6.76. The largest absolute Gasteiger partial charge is 0.422 e. The Bertz CT molecular complexity index is 1120. The average molecular weight is 389 g/mol. The lowest BCUT2D eigenvalue weighted by atomic mass is 9.83. The summed E-state index contributed by atoms with van der Waals surface area (Å²) < 4.78 is 15.0. The number of allylic oxidation sites excluding steroid dienone is 1. The van der Waals surface area contributed by atoms with Crippen LogP contribution in [0.3, 0.4) is 0 Å². The summed E-state index contributed by atoms with van der Waals surface area (Å²) in [5.41, 5.74) is 9.94. The zero-order valence-corrected chi connectivity index (χ0v) is 15.8. The Balaban J connectivity index is 1.64. The molecule has 1 saturated heterocycles. The van der Waals surface area contributed by atoms with E-state index >= 15 is 0 Å². The Morgan fingerprint density at radius 2 is 2.10 bits per heavy atom. The molecule has 3 aromatic rings. The Hall–Kier alpha value is -3.64. The quantitative estimate of drug-likeness (QED) is 0.729. The average Bonchev–Trinajstić information content (AvgIpc) is 3.49. The van der Waals surface area contributed by atoms with Crippen molar-refractivity contribution in [3.63, 3.8) is 0 Å². The van der Waals surface area contributed by atoms with E-state index in [4.69, 9.17) is 15.2 Å².